The van der Waals surface area contributed by atoms with Crippen LogP contribution in [0.3, 0.4) is 0 Å². The molecule has 1 aliphatic heterocycles. The van der Waals surface area contributed by atoms with E-state index in [1.54, 1.807) is 10.9 Å². The zero-order chi connectivity index (χ0) is 9.26. The molecule has 4 nitrogen and oxygen atoms in total. The summed E-state index contributed by atoms with van der Waals surface area (Å²) in [5.74, 6) is 1.27. The Balaban J connectivity index is 2.27. The van der Waals surface area contributed by atoms with E-state index in [2.05, 4.69) is 29.5 Å². The molecule has 0 atom stereocenters. The second kappa shape index (κ2) is 3.05. The predicted molar refractivity (Wildman–Crippen MR) is 50.4 cm³/mol. The first-order valence-corrected chi connectivity index (χ1v) is 4.26. The van der Waals surface area contributed by atoms with Gasteiger partial charge in [0.15, 0.2) is 5.84 Å². The average Bonchev–Trinajstić information content (AvgIpc) is 2.75. The van der Waals surface area contributed by atoms with Crippen molar-refractivity contribution in [2.24, 2.45) is 5.10 Å². The normalized spacial score (nSPS) is 14.8. The SMILES string of the molecule is CC(C)c1cnn(C2=N[N]C=C2)c1. The molecule has 1 radical (unpaired) electrons. The van der Waals surface area contributed by atoms with E-state index in [1.807, 2.05) is 18.5 Å². The largest absolute Gasteiger partial charge is 0.221 e. The Morgan fingerprint density at radius 3 is 2.77 bits per heavy atom. The van der Waals surface area contributed by atoms with Crippen LogP contribution in [-0.2, 0) is 0 Å². The third kappa shape index (κ3) is 1.47. The summed E-state index contributed by atoms with van der Waals surface area (Å²) in [5.41, 5.74) is 4.95. The third-order valence-electron chi connectivity index (χ3n) is 1.95. The van der Waals surface area contributed by atoms with Crippen molar-refractivity contribution in [2.45, 2.75) is 19.8 Å². The van der Waals surface area contributed by atoms with Gasteiger partial charge in [0.1, 0.15) is 0 Å². The average molecular weight is 175 g/mol. The van der Waals surface area contributed by atoms with Gasteiger partial charge in [0.25, 0.3) is 0 Å². The highest BCUT2D eigenvalue weighted by Gasteiger charge is 2.07. The van der Waals surface area contributed by atoms with Crippen molar-refractivity contribution in [3.63, 3.8) is 0 Å². The molecule has 0 aromatic carbocycles. The molecule has 0 N–H and O–H groups in total. The summed E-state index contributed by atoms with van der Waals surface area (Å²) in [6.45, 7) is 4.27. The van der Waals surface area contributed by atoms with E-state index >= 15 is 0 Å². The molecule has 0 bridgehead atoms. The van der Waals surface area contributed by atoms with E-state index in [1.165, 1.54) is 5.56 Å². The van der Waals surface area contributed by atoms with Gasteiger partial charge >= 0.3 is 0 Å². The zero-order valence-corrected chi connectivity index (χ0v) is 7.68. The topological polar surface area (TPSA) is 44.3 Å². The van der Waals surface area contributed by atoms with Crippen LogP contribution in [0.1, 0.15) is 25.3 Å². The Morgan fingerprint density at radius 2 is 2.23 bits per heavy atom. The van der Waals surface area contributed by atoms with Crippen molar-refractivity contribution in [2.75, 3.05) is 0 Å². The third-order valence-corrected chi connectivity index (χ3v) is 1.95. The van der Waals surface area contributed by atoms with Crippen molar-refractivity contribution in [1.82, 2.24) is 15.2 Å². The monoisotopic (exact) mass is 175 g/mol. The van der Waals surface area contributed by atoms with Crippen LogP contribution in [0.15, 0.2) is 29.8 Å². The summed E-state index contributed by atoms with van der Waals surface area (Å²) >= 11 is 0. The summed E-state index contributed by atoms with van der Waals surface area (Å²) in [5, 5.41) is 8.10. The van der Waals surface area contributed by atoms with E-state index in [0.29, 0.717) is 5.92 Å². The molecule has 2 rings (SSSR count). The number of hydrogen-bond donors (Lipinski definition) is 0. The minimum Gasteiger partial charge on any atom is -0.221 e. The van der Waals surface area contributed by atoms with Gasteiger partial charge in [0, 0.05) is 12.3 Å². The lowest BCUT2D eigenvalue weighted by Gasteiger charge is -1.97. The molecule has 0 aliphatic carbocycles. The Morgan fingerprint density at radius 1 is 1.38 bits per heavy atom. The summed E-state index contributed by atoms with van der Waals surface area (Å²) in [6.07, 6.45) is 7.33. The maximum atomic E-state index is 4.19. The maximum absolute atomic E-state index is 4.19. The van der Waals surface area contributed by atoms with Crippen LogP contribution in [0.5, 0.6) is 0 Å². The predicted octanol–water partition coefficient (Wildman–Crippen LogP) is 1.30. The number of hydrogen-bond acceptors (Lipinski definition) is 2. The van der Waals surface area contributed by atoms with Gasteiger partial charge < -0.3 is 0 Å². The molecule has 4 heteroatoms. The van der Waals surface area contributed by atoms with Gasteiger partial charge in [-0.3, -0.25) is 0 Å². The van der Waals surface area contributed by atoms with Crippen molar-refractivity contribution >= 4 is 5.84 Å². The highest BCUT2D eigenvalue weighted by atomic mass is 15.4. The maximum Gasteiger partial charge on any atom is 0.177 e. The van der Waals surface area contributed by atoms with Crippen LogP contribution >= 0.6 is 0 Å². The molecule has 1 aromatic rings. The molecular weight excluding hydrogens is 164 g/mol. The molecule has 1 aromatic heterocycles. The van der Waals surface area contributed by atoms with Crippen LogP contribution in [-0.4, -0.2) is 15.6 Å². The van der Waals surface area contributed by atoms with Crippen molar-refractivity contribution < 1.29 is 0 Å². The minimum atomic E-state index is 0.497. The van der Waals surface area contributed by atoms with Gasteiger partial charge in [-0.15, -0.1) is 5.10 Å². The molecule has 0 fully saturated rings. The van der Waals surface area contributed by atoms with E-state index in [0.717, 1.165) is 5.84 Å². The lowest BCUT2D eigenvalue weighted by atomic mass is 10.1. The molecule has 13 heavy (non-hydrogen) atoms. The first-order valence-electron chi connectivity index (χ1n) is 4.26. The fourth-order valence-electron chi connectivity index (χ4n) is 1.11. The molecule has 0 saturated heterocycles. The van der Waals surface area contributed by atoms with Gasteiger partial charge in [0.2, 0.25) is 0 Å². The first kappa shape index (κ1) is 8.04. The Kier molecular flexibility index (Phi) is 1.88. The number of allylic oxidation sites excluding steroid dienone is 1. The van der Waals surface area contributed by atoms with E-state index in [-0.39, 0.29) is 0 Å². The lowest BCUT2D eigenvalue weighted by molar-refractivity contribution is 0.864. The van der Waals surface area contributed by atoms with Gasteiger partial charge in [-0.05, 0) is 11.5 Å². The Bertz CT molecular complexity index is 359. The lowest BCUT2D eigenvalue weighted by Crippen LogP contribution is -2.07. The molecule has 1 aliphatic rings. The van der Waals surface area contributed by atoms with Gasteiger partial charge in [-0.25, -0.2) is 4.68 Å². The van der Waals surface area contributed by atoms with Gasteiger partial charge in [-0.2, -0.15) is 10.5 Å². The highest BCUT2D eigenvalue weighted by Crippen LogP contribution is 2.12. The van der Waals surface area contributed by atoms with Crippen LogP contribution in [0, 0.1) is 0 Å². The Hall–Kier alpha value is -1.58. The van der Waals surface area contributed by atoms with Crippen molar-refractivity contribution in [3.8, 4) is 0 Å². The molecule has 0 spiro atoms. The number of nitrogens with zero attached hydrogens (tertiary/aromatic N) is 4. The fourth-order valence-corrected chi connectivity index (χ4v) is 1.11. The molecule has 67 valence electrons. The molecule has 0 unspecified atom stereocenters. The standard InChI is InChI=1S/C9H11N4/c1-7(2)8-5-11-13(6-8)9-3-4-10-12-9/h3-7H,1-2H3. The second-order valence-electron chi connectivity index (χ2n) is 3.26. The smallest absolute Gasteiger partial charge is 0.177 e. The van der Waals surface area contributed by atoms with Crippen LogP contribution in [0.2, 0.25) is 0 Å². The second-order valence-corrected chi connectivity index (χ2v) is 3.26. The summed E-state index contributed by atoms with van der Waals surface area (Å²) in [4.78, 5) is 0. The number of aromatic nitrogens is 2. The Labute approximate surface area is 76.9 Å². The summed E-state index contributed by atoms with van der Waals surface area (Å²) in [7, 11) is 0. The van der Waals surface area contributed by atoms with Crippen molar-refractivity contribution in [3.05, 3.63) is 30.2 Å². The van der Waals surface area contributed by atoms with Crippen LogP contribution < -0.4 is 5.43 Å². The minimum absolute atomic E-state index is 0.497. The number of rotatable bonds is 1. The zero-order valence-electron chi connectivity index (χ0n) is 7.68. The van der Waals surface area contributed by atoms with E-state index in [4.69, 9.17) is 0 Å². The molecule has 0 saturated carbocycles. The van der Waals surface area contributed by atoms with Gasteiger partial charge in [-0.1, -0.05) is 13.8 Å². The first-order chi connectivity index (χ1) is 6.27. The molecule has 2 heterocycles. The highest BCUT2D eigenvalue weighted by molar-refractivity contribution is 5.95. The van der Waals surface area contributed by atoms with E-state index < -0.39 is 0 Å². The summed E-state index contributed by atoms with van der Waals surface area (Å²) in [6, 6.07) is 0. The van der Waals surface area contributed by atoms with Crippen LogP contribution in [0.4, 0.5) is 0 Å². The fraction of sp³-hybridized carbons (Fsp3) is 0.333. The van der Waals surface area contributed by atoms with E-state index in [9.17, 15) is 0 Å². The van der Waals surface area contributed by atoms with Gasteiger partial charge in [0.05, 0.1) is 12.4 Å². The quantitative estimate of drug-likeness (QED) is 0.634. The molecular formula is C9H11N4. The van der Waals surface area contributed by atoms with Crippen molar-refractivity contribution in [1.29, 1.82) is 0 Å². The van der Waals surface area contributed by atoms with Crippen LogP contribution in [0.25, 0.3) is 0 Å². The molecule has 0 amide bonds. The summed E-state index contributed by atoms with van der Waals surface area (Å²) < 4.78 is 1.74.